The van der Waals surface area contributed by atoms with E-state index >= 15 is 0 Å². The van der Waals surface area contributed by atoms with Gasteiger partial charge in [0.1, 0.15) is 11.6 Å². The van der Waals surface area contributed by atoms with Gasteiger partial charge in [0.15, 0.2) is 12.4 Å². The lowest BCUT2D eigenvalue weighted by Gasteiger charge is -2.10. The molecule has 0 radical (unpaired) electrons. The van der Waals surface area contributed by atoms with Crippen LogP contribution in [-0.2, 0) is 0 Å². The van der Waals surface area contributed by atoms with Crippen molar-refractivity contribution in [2.45, 2.75) is 27.7 Å². The quantitative estimate of drug-likeness (QED) is 0.782. The van der Waals surface area contributed by atoms with Crippen LogP contribution in [0.25, 0.3) is 0 Å². The second-order valence-electron chi connectivity index (χ2n) is 5.37. The van der Waals surface area contributed by atoms with Crippen molar-refractivity contribution in [2.24, 2.45) is 0 Å². The monoisotopic (exact) mass is 286 g/mol. The molecule has 0 saturated carbocycles. The van der Waals surface area contributed by atoms with Crippen LogP contribution in [0.5, 0.6) is 5.75 Å². The van der Waals surface area contributed by atoms with Crippen molar-refractivity contribution in [3.8, 4) is 5.75 Å². The normalized spacial score (nSPS) is 10.5. The van der Waals surface area contributed by atoms with Crippen molar-refractivity contribution >= 4 is 5.78 Å². The Morgan fingerprint density at radius 2 is 1.62 bits per heavy atom. The minimum Gasteiger partial charge on any atom is -0.485 e. The molecule has 0 aliphatic rings. The molecule has 0 atom stereocenters. The van der Waals surface area contributed by atoms with E-state index in [1.807, 2.05) is 32.9 Å². The highest BCUT2D eigenvalue weighted by atomic mass is 19.1. The van der Waals surface area contributed by atoms with E-state index in [0.29, 0.717) is 16.9 Å². The average molecular weight is 286 g/mol. The molecule has 0 amide bonds. The molecule has 21 heavy (non-hydrogen) atoms. The van der Waals surface area contributed by atoms with Crippen LogP contribution in [0.1, 0.15) is 32.6 Å². The standard InChI is InChI=1S/C18H19FO2/c1-11-7-13(3)16(9-12(11)2)18(20)10-21-15-5-6-17(19)14(4)8-15/h5-9H,10H2,1-4H3. The number of carbonyl (C=O) groups is 1. The molecule has 0 unspecified atom stereocenters. The van der Waals surface area contributed by atoms with Crippen molar-refractivity contribution in [3.63, 3.8) is 0 Å². The van der Waals surface area contributed by atoms with Gasteiger partial charge < -0.3 is 4.74 Å². The number of hydrogen-bond donors (Lipinski definition) is 0. The summed E-state index contributed by atoms with van der Waals surface area (Å²) in [7, 11) is 0. The summed E-state index contributed by atoms with van der Waals surface area (Å²) in [5, 5.41) is 0. The molecule has 2 nitrogen and oxygen atoms in total. The molecule has 110 valence electrons. The molecular formula is C18H19FO2. The molecule has 2 rings (SSSR count). The highest BCUT2D eigenvalue weighted by Gasteiger charge is 2.12. The maximum atomic E-state index is 13.2. The van der Waals surface area contributed by atoms with Gasteiger partial charge in [-0.2, -0.15) is 0 Å². The molecule has 0 fully saturated rings. The van der Waals surface area contributed by atoms with Gasteiger partial charge in [-0.25, -0.2) is 4.39 Å². The zero-order valence-electron chi connectivity index (χ0n) is 12.8. The predicted octanol–water partition coefficient (Wildman–Crippen LogP) is 4.32. The summed E-state index contributed by atoms with van der Waals surface area (Å²) in [6.45, 7) is 7.54. The van der Waals surface area contributed by atoms with E-state index in [2.05, 4.69) is 0 Å². The smallest absolute Gasteiger partial charge is 0.200 e. The first-order valence-electron chi connectivity index (χ1n) is 6.88. The number of benzene rings is 2. The Balaban J connectivity index is 2.11. The number of hydrogen-bond acceptors (Lipinski definition) is 2. The summed E-state index contributed by atoms with van der Waals surface area (Å²) in [6, 6.07) is 8.37. The molecule has 3 heteroatoms. The number of aryl methyl sites for hydroxylation is 4. The average Bonchev–Trinajstić information content (AvgIpc) is 2.44. The van der Waals surface area contributed by atoms with Crippen LogP contribution < -0.4 is 4.74 Å². The molecule has 0 bridgehead atoms. The van der Waals surface area contributed by atoms with E-state index in [9.17, 15) is 9.18 Å². The van der Waals surface area contributed by atoms with Crippen molar-refractivity contribution in [1.82, 2.24) is 0 Å². The molecular weight excluding hydrogens is 267 g/mol. The van der Waals surface area contributed by atoms with Crippen LogP contribution >= 0.6 is 0 Å². The summed E-state index contributed by atoms with van der Waals surface area (Å²) in [5.41, 5.74) is 4.38. The van der Waals surface area contributed by atoms with Gasteiger partial charge in [-0.05, 0) is 74.2 Å². The third-order valence-electron chi connectivity index (χ3n) is 3.64. The molecule has 2 aromatic rings. The first-order chi connectivity index (χ1) is 9.88. The van der Waals surface area contributed by atoms with Crippen LogP contribution in [0.2, 0.25) is 0 Å². The van der Waals surface area contributed by atoms with E-state index in [-0.39, 0.29) is 18.2 Å². The molecule has 0 saturated heterocycles. The summed E-state index contributed by atoms with van der Waals surface area (Å²) >= 11 is 0. The fourth-order valence-corrected chi connectivity index (χ4v) is 2.19. The third kappa shape index (κ3) is 3.48. The van der Waals surface area contributed by atoms with Crippen molar-refractivity contribution in [2.75, 3.05) is 6.61 Å². The SMILES string of the molecule is Cc1cc(C)c(C(=O)COc2ccc(F)c(C)c2)cc1C. The van der Waals surface area contributed by atoms with Gasteiger partial charge >= 0.3 is 0 Å². The molecule has 0 heterocycles. The van der Waals surface area contributed by atoms with Gasteiger partial charge in [-0.3, -0.25) is 4.79 Å². The van der Waals surface area contributed by atoms with Crippen LogP contribution in [-0.4, -0.2) is 12.4 Å². The Kier molecular flexibility index (Phi) is 4.41. The lowest BCUT2D eigenvalue weighted by molar-refractivity contribution is 0.0920. The van der Waals surface area contributed by atoms with E-state index in [0.717, 1.165) is 11.1 Å². The second kappa shape index (κ2) is 6.08. The van der Waals surface area contributed by atoms with Crippen molar-refractivity contribution < 1.29 is 13.9 Å². The number of rotatable bonds is 4. The minimum absolute atomic E-state index is 0.0472. The lowest BCUT2D eigenvalue weighted by Crippen LogP contribution is -2.13. The largest absolute Gasteiger partial charge is 0.485 e. The summed E-state index contributed by atoms with van der Waals surface area (Å²) in [5.74, 6) is 0.153. The molecule has 0 aliphatic heterocycles. The Labute approximate surface area is 124 Å². The van der Waals surface area contributed by atoms with Crippen LogP contribution in [0, 0.1) is 33.5 Å². The topological polar surface area (TPSA) is 26.3 Å². The molecule has 0 N–H and O–H groups in total. The molecule has 0 aliphatic carbocycles. The zero-order chi connectivity index (χ0) is 15.6. The van der Waals surface area contributed by atoms with Gasteiger partial charge in [0, 0.05) is 5.56 Å². The minimum atomic E-state index is -0.279. The highest BCUT2D eigenvalue weighted by Crippen LogP contribution is 2.18. The number of Topliss-reactive ketones (excluding diaryl/α,β-unsaturated/α-hetero) is 1. The van der Waals surface area contributed by atoms with E-state index in [4.69, 9.17) is 4.74 Å². The zero-order valence-corrected chi connectivity index (χ0v) is 12.8. The van der Waals surface area contributed by atoms with Gasteiger partial charge in [0.2, 0.25) is 0 Å². The van der Waals surface area contributed by atoms with E-state index < -0.39 is 0 Å². The maximum absolute atomic E-state index is 13.2. The van der Waals surface area contributed by atoms with Crippen LogP contribution in [0.4, 0.5) is 4.39 Å². The maximum Gasteiger partial charge on any atom is 0.200 e. The fraction of sp³-hybridized carbons (Fsp3) is 0.278. The Morgan fingerprint density at radius 1 is 0.952 bits per heavy atom. The first-order valence-corrected chi connectivity index (χ1v) is 6.88. The van der Waals surface area contributed by atoms with Gasteiger partial charge in [-0.1, -0.05) is 6.07 Å². The number of ether oxygens (including phenoxy) is 1. The number of ketones is 1. The fourth-order valence-electron chi connectivity index (χ4n) is 2.19. The van der Waals surface area contributed by atoms with Crippen LogP contribution in [0.3, 0.4) is 0 Å². The van der Waals surface area contributed by atoms with E-state index in [1.165, 1.54) is 17.7 Å². The lowest BCUT2D eigenvalue weighted by atomic mass is 9.98. The highest BCUT2D eigenvalue weighted by molar-refractivity contribution is 5.98. The van der Waals surface area contributed by atoms with E-state index in [1.54, 1.807) is 13.0 Å². The number of carbonyl (C=O) groups excluding carboxylic acids is 1. The van der Waals surface area contributed by atoms with Crippen LogP contribution in [0.15, 0.2) is 30.3 Å². The summed E-state index contributed by atoms with van der Waals surface area (Å²) < 4.78 is 18.6. The number of halogens is 1. The third-order valence-corrected chi connectivity index (χ3v) is 3.64. The van der Waals surface area contributed by atoms with Gasteiger partial charge in [0.25, 0.3) is 0 Å². The van der Waals surface area contributed by atoms with Gasteiger partial charge in [0.05, 0.1) is 0 Å². The summed E-state index contributed by atoms with van der Waals surface area (Å²) in [6.07, 6.45) is 0. The molecule has 0 aromatic heterocycles. The van der Waals surface area contributed by atoms with Crippen molar-refractivity contribution in [1.29, 1.82) is 0 Å². The van der Waals surface area contributed by atoms with Crippen molar-refractivity contribution in [3.05, 3.63) is 64.0 Å². The molecule has 2 aromatic carbocycles. The Bertz CT molecular complexity index is 690. The predicted molar refractivity (Wildman–Crippen MR) is 81.6 cm³/mol. The Morgan fingerprint density at radius 3 is 2.29 bits per heavy atom. The second-order valence-corrected chi connectivity index (χ2v) is 5.37. The summed E-state index contributed by atoms with van der Waals surface area (Å²) in [4.78, 5) is 12.3. The Hall–Kier alpha value is -2.16. The van der Waals surface area contributed by atoms with Gasteiger partial charge in [-0.15, -0.1) is 0 Å². The first kappa shape index (κ1) is 15.2. The molecule has 0 spiro atoms.